The van der Waals surface area contributed by atoms with E-state index in [9.17, 15) is 4.79 Å². The highest BCUT2D eigenvalue weighted by Gasteiger charge is 2.24. The molecule has 1 saturated heterocycles. The fraction of sp³-hybridized carbons (Fsp3) is 0.556. The maximum atomic E-state index is 12.2. The third-order valence-electron chi connectivity index (χ3n) is 5.04. The van der Waals surface area contributed by atoms with Gasteiger partial charge in [0.1, 0.15) is 5.65 Å². The number of piperidine rings is 1. The quantitative estimate of drug-likeness (QED) is 0.902. The third-order valence-corrected chi connectivity index (χ3v) is 5.27. The van der Waals surface area contributed by atoms with Crippen LogP contribution in [0.5, 0.6) is 0 Å². The van der Waals surface area contributed by atoms with E-state index >= 15 is 0 Å². The molecule has 0 amide bonds. The molecule has 0 unspecified atom stereocenters. The normalized spacial score (nSPS) is 19.9. The maximum Gasteiger partial charge on any atom is 0.258 e. The molecule has 0 spiro atoms. The number of halogens is 1. The van der Waals surface area contributed by atoms with Gasteiger partial charge < -0.3 is 5.32 Å². The lowest BCUT2D eigenvalue weighted by atomic mass is 10.0. The van der Waals surface area contributed by atoms with Crippen molar-refractivity contribution in [1.29, 1.82) is 0 Å². The number of hydrogen-bond acceptors (Lipinski definition) is 4. The zero-order chi connectivity index (χ0) is 16.5. The second-order valence-electron chi connectivity index (χ2n) is 7.06. The van der Waals surface area contributed by atoms with Gasteiger partial charge in [-0.2, -0.15) is 0 Å². The molecule has 4 rings (SSSR count). The molecule has 2 fully saturated rings. The Hall–Kier alpha value is -1.43. The van der Waals surface area contributed by atoms with Crippen LogP contribution in [0.15, 0.2) is 29.2 Å². The number of aromatic nitrogens is 2. The molecule has 3 heterocycles. The van der Waals surface area contributed by atoms with Crippen molar-refractivity contribution in [3.8, 4) is 0 Å². The van der Waals surface area contributed by atoms with E-state index in [1.807, 2.05) is 0 Å². The number of nitrogens with one attached hydrogen (secondary N) is 1. The van der Waals surface area contributed by atoms with Crippen LogP contribution in [0.2, 0.25) is 5.02 Å². The van der Waals surface area contributed by atoms with Crippen molar-refractivity contribution in [2.24, 2.45) is 5.92 Å². The van der Waals surface area contributed by atoms with Crippen molar-refractivity contribution in [3.63, 3.8) is 0 Å². The lowest BCUT2D eigenvalue weighted by molar-refractivity contribution is 0.188. The van der Waals surface area contributed by atoms with E-state index in [0.717, 1.165) is 31.2 Å². The predicted molar refractivity (Wildman–Crippen MR) is 95.5 cm³/mol. The molecule has 1 aliphatic heterocycles. The van der Waals surface area contributed by atoms with Gasteiger partial charge in [-0.25, -0.2) is 4.98 Å². The first-order chi connectivity index (χ1) is 11.7. The van der Waals surface area contributed by atoms with Crippen LogP contribution in [0.4, 0.5) is 0 Å². The minimum absolute atomic E-state index is 0.0708. The molecular weight excluding hydrogens is 324 g/mol. The predicted octanol–water partition coefficient (Wildman–Crippen LogP) is 2.31. The van der Waals surface area contributed by atoms with Gasteiger partial charge in [-0.05, 0) is 50.3 Å². The Labute approximate surface area is 146 Å². The Morgan fingerprint density at radius 1 is 1.21 bits per heavy atom. The molecule has 24 heavy (non-hydrogen) atoms. The van der Waals surface area contributed by atoms with E-state index in [0.29, 0.717) is 16.7 Å². The summed E-state index contributed by atoms with van der Waals surface area (Å²) >= 11 is 5.95. The first-order valence-corrected chi connectivity index (χ1v) is 9.19. The summed E-state index contributed by atoms with van der Waals surface area (Å²) in [4.78, 5) is 19.2. The molecule has 1 aliphatic carbocycles. The van der Waals surface area contributed by atoms with Gasteiger partial charge in [0.15, 0.2) is 0 Å². The summed E-state index contributed by atoms with van der Waals surface area (Å²) in [6.45, 7) is 4.05. The zero-order valence-electron chi connectivity index (χ0n) is 13.7. The van der Waals surface area contributed by atoms with Crippen LogP contribution in [0.3, 0.4) is 0 Å². The van der Waals surface area contributed by atoms with Gasteiger partial charge in [0, 0.05) is 37.9 Å². The van der Waals surface area contributed by atoms with Gasteiger partial charge >= 0.3 is 0 Å². The minimum Gasteiger partial charge on any atom is -0.314 e. The molecule has 6 heteroatoms. The Kier molecular flexibility index (Phi) is 4.57. The van der Waals surface area contributed by atoms with Crippen LogP contribution in [-0.2, 0) is 6.54 Å². The molecule has 2 aromatic rings. The van der Waals surface area contributed by atoms with Crippen molar-refractivity contribution in [2.45, 2.75) is 38.3 Å². The summed E-state index contributed by atoms with van der Waals surface area (Å²) in [5.41, 5.74) is 1.42. The SMILES string of the molecule is O=c1cc(CN2CCC(NCC3CC3)CC2)nc2ccc(Cl)cn12. The standard InChI is InChI=1S/C18H23ClN4O/c19-14-3-4-17-21-16(9-18(24)23(17)11-14)12-22-7-5-15(6-8-22)20-10-13-1-2-13/h3-4,9,11,13,15,20H,1-2,5-8,10,12H2. The zero-order valence-corrected chi connectivity index (χ0v) is 14.5. The molecule has 2 aromatic heterocycles. The highest BCUT2D eigenvalue weighted by atomic mass is 35.5. The average Bonchev–Trinajstić information content (AvgIpc) is 3.39. The summed E-state index contributed by atoms with van der Waals surface area (Å²) in [7, 11) is 0. The van der Waals surface area contributed by atoms with E-state index < -0.39 is 0 Å². The summed E-state index contributed by atoms with van der Waals surface area (Å²) in [5.74, 6) is 0.936. The number of hydrogen-bond donors (Lipinski definition) is 1. The van der Waals surface area contributed by atoms with Gasteiger partial charge in [0.2, 0.25) is 0 Å². The smallest absolute Gasteiger partial charge is 0.258 e. The number of pyridine rings is 1. The Bertz CT molecular complexity index is 778. The van der Waals surface area contributed by atoms with Crippen LogP contribution in [-0.4, -0.2) is 40.0 Å². The van der Waals surface area contributed by atoms with Crippen LogP contribution in [0.25, 0.3) is 5.65 Å². The number of likely N-dealkylation sites (tertiary alicyclic amines) is 1. The lowest BCUT2D eigenvalue weighted by Gasteiger charge is -2.32. The number of nitrogens with zero attached hydrogens (tertiary/aromatic N) is 3. The first-order valence-electron chi connectivity index (χ1n) is 8.81. The highest BCUT2D eigenvalue weighted by molar-refractivity contribution is 6.30. The van der Waals surface area contributed by atoms with Crippen molar-refractivity contribution in [2.75, 3.05) is 19.6 Å². The molecule has 0 atom stereocenters. The summed E-state index contributed by atoms with van der Waals surface area (Å²) in [5, 5.41) is 4.24. The lowest BCUT2D eigenvalue weighted by Crippen LogP contribution is -2.42. The van der Waals surface area contributed by atoms with E-state index in [2.05, 4.69) is 15.2 Å². The molecular formula is C18H23ClN4O. The van der Waals surface area contributed by atoms with Crippen molar-refractivity contribution in [1.82, 2.24) is 19.6 Å². The molecule has 1 saturated carbocycles. The number of fused-ring (bicyclic) bond motifs is 1. The molecule has 1 N–H and O–H groups in total. The topological polar surface area (TPSA) is 49.6 Å². The van der Waals surface area contributed by atoms with Crippen LogP contribution in [0.1, 0.15) is 31.4 Å². The van der Waals surface area contributed by atoms with Gasteiger partial charge in [0.25, 0.3) is 5.56 Å². The van der Waals surface area contributed by atoms with Gasteiger partial charge in [-0.15, -0.1) is 0 Å². The summed E-state index contributed by atoms with van der Waals surface area (Å²) in [6.07, 6.45) is 6.78. The van der Waals surface area contributed by atoms with Crippen molar-refractivity contribution in [3.05, 3.63) is 45.5 Å². The van der Waals surface area contributed by atoms with Crippen LogP contribution in [0, 0.1) is 5.92 Å². The first kappa shape index (κ1) is 16.1. The second-order valence-corrected chi connectivity index (χ2v) is 7.50. The van der Waals surface area contributed by atoms with E-state index in [4.69, 9.17) is 11.6 Å². The molecule has 5 nitrogen and oxygen atoms in total. The molecule has 128 valence electrons. The largest absolute Gasteiger partial charge is 0.314 e. The van der Waals surface area contributed by atoms with E-state index in [1.165, 1.54) is 36.6 Å². The fourth-order valence-corrected chi connectivity index (χ4v) is 3.55. The average molecular weight is 347 g/mol. The van der Waals surface area contributed by atoms with Gasteiger partial charge in [-0.3, -0.25) is 14.1 Å². The van der Waals surface area contributed by atoms with E-state index in [-0.39, 0.29) is 5.56 Å². The maximum absolute atomic E-state index is 12.2. The second kappa shape index (κ2) is 6.82. The van der Waals surface area contributed by atoms with Crippen molar-refractivity contribution < 1.29 is 0 Å². The van der Waals surface area contributed by atoms with Crippen LogP contribution < -0.4 is 10.9 Å². The molecule has 0 bridgehead atoms. The molecule has 0 aromatic carbocycles. The van der Waals surface area contributed by atoms with Gasteiger partial charge in [-0.1, -0.05) is 11.6 Å². The Balaban J connectivity index is 1.38. The minimum atomic E-state index is -0.0708. The Morgan fingerprint density at radius 2 is 2.00 bits per heavy atom. The highest BCUT2D eigenvalue weighted by Crippen LogP contribution is 2.28. The third kappa shape index (κ3) is 3.79. The Morgan fingerprint density at radius 3 is 2.75 bits per heavy atom. The number of rotatable bonds is 5. The van der Waals surface area contributed by atoms with Crippen LogP contribution >= 0.6 is 11.6 Å². The summed E-state index contributed by atoms with van der Waals surface area (Å²) < 4.78 is 1.50. The molecule has 0 radical (unpaired) electrons. The monoisotopic (exact) mass is 346 g/mol. The van der Waals surface area contributed by atoms with Crippen molar-refractivity contribution >= 4 is 17.2 Å². The van der Waals surface area contributed by atoms with E-state index in [1.54, 1.807) is 24.4 Å². The molecule has 2 aliphatic rings. The fourth-order valence-electron chi connectivity index (χ4n) is 3.39. The van der Waals surface area contributed by atoms with Gasteiger partial charge in [0.05, 0.1) is 10.7 Å². The summed E-state index contributed by atoms with van der Waals surface area (Å²) in [6, 6.07) is 5.84.